The van der Waals surface area contributed by atoms with Crippen molar-refractivity contribution in [3.8, 4) is 5.75 Å². The fourth-order valence-electron chi connectivity index (χ4n) is 1.74. The van der Waals surface area contributed by atoms with Crippen molar-refractivity contribution < 1.29 is 9.47 Å². The Morgan fingerprint density at radius 3 is 2.50 bits per heavy atom. The van der Waals surface area contributed by atoms with E-state index in [1.807, 2.05) is 18.2 Å². The zero-order chi connectivity index (χ0) is 14.8. The molecule has 0 aliphatic rings. The molecule has 0 aromatic heterocycles. The first-order chi connectivity index (χ1) is 9.53. The monoisotopic (exact) mass is 279 g/mol. The van der Waals surface area contributed by atoms with E-state index in [2.05, 4.69) is 39.1 Å². The van der Waals surface area contributed by atoms with E-state index in [1.54, 1.807) is 0 Å². The molecule has 0 fully saturated rings. The third-order valence-corrected chi connectivity index (χ3v) is 3.02. The molecule has 0 atom stereocenters. The fraction of sp³-hybridized carbons (Fsp3) is 0.647. The van der Waals surface area contributed by atoms with Crippen LogP contribution in [0.25, 0.3) is 0 Å². The van der Waals surface area contributed by atoms with Gasteiger partial charge in [-0.3, -0.25) is 0 Å². The molecule has 0 bridgehead atoms. The minimum atomic E-state index is 0.333. The molecule has 1 aromatic carbocycles. The maximum Gasteiger partial charge on any atom is 0.123 e. The summed E-state index contributed by atoms with van der Waals surface area (Å²) >= 11 is 0. The van der Waals surface area contributed by atoms with Crippen LogP contribution in [0.5, 0.6) is 5.75 Å². The molecule has 3 nitrogen and oxygen atoms in total. The summed E-state index contributed by atoms with van der Waals surface area (Å²) in [5.41, 5.74) is 1.53. The molecule has 0 saturated carbocycles. The molecule has 1 rings (SSSR count). The number of para-hydroxylation sites is 1. The van der Waals surface area contributed by atoms with Crippen LogP contribution in [-0.2, 0) is 11.3 Å². The molecule has 114 valence electrons. The van der Waals surface area contributed by atoms with Crippen LogP contribution in [0.4, 0.5) is 0 Å². The van der Waals surface area contributed by atoms with Crippen molar-refractivity contribution in [2.75, 3.05) is 26.4 Å². The molecule has 0 heterocycles. The lowest BCUT2D eigenvalue weighted by Crippen LogP contribution is -2.15. The summed E-state index contributed by atoms with van der Waals surface area (Å²) < 4.78 is 11.4. The predicted octanol–water partition coefficient (Wildman–Crippen LogP) is 3.63. The molecule has 0 unspecified atom stereocenters. The third-order valence-electron chi connectivity index (χ3n) is 3.02. The summed E-state index contributed by atoms with van der Waals surface area (Å²) in [4.78, 5) is 0. The molecule has 1 N–H and O–H groups in total. The average Bonchev–Trinajstić information content (AvgIpc) is 2.40. The number of hydrogen-bond acceptors (Lipinski definition) is 3. The summed E-state index contributed by atoms with van der Waals surface area (Å²) in [6.45, 7) is 12.6. The van der Waals surface area contributed by atoms with Gasteiger partial charge in [0.25, 0.3) is 0 Å². The van der Waals surface area contributed by atoms with Crippen molar-refractivity contribution in [3.63, 3.8) is 0 Å². The van der Waals surface area contributed by atoms with Crippen molar-refractivity contribution >= 4 is 0 Å². The molecule has 0 aliphatic heterocycles. The minimum absolute atomic E-state index is 0.333. The Balaban J connectivity index is 2.24. The van der Waals surface area contributed by atoms with Crippen molar-refractivity contribution in [1.29, 1.82) is 0 Å². The maximum absolute atomic E-state index is 5.80. The third kappa shape index (κ3) is 7.51. The molecule has 3 heteroatoms. The van der Waals surface area contributed by atoms with Crippen LogP contribution in [0.3, 0.4) is 0 Å². The zero-order valence-corrected chi connectivity index (χ0v) is 13.4. The van der Waals surface area contributed by atoms with Gasteiger partial charge in [0.1, 0.15) is 12.4 Å². The van der Waals surface area contributed by atoms with Gasteiger partial charge in [0.2, 0.25) is 0 Å². The fourth-order valence-corrected chi connectivity index (χ4v) is 1.74. The summed E-state index contributed by atoms with van der Waals surface area (Å²) in [5.74, 6) is 0.952. The smallest absolute Gasteiger partial charge is 0.123 e. The van der Waals surface area contributed by atoms with Gasteiger partial charge in [-0.15, -0.1) is 0 Å². The second-order valence-electron chi connectivity index (χ2n) is 6.16. The minimum Gasteiger partial charge on any atom is -0.491 e. The van der Waals surface area contributed by atoms with E-state index in [0.29, 0.717) is 18.6 Å². The van der Waals surface area contributed by atoms with E-state index < -0.39 is 0 Å². The maximum atomic E-state index is 5.80. The number of rotatable bonds is 9. The quantitative estimate of drug-likeness (QED) is 0.700. The number of ether oxygens (including phenoxy) is 2. The van der Waals surface area contributed by atoms with Gasteiger partial charge in [-0.1, -0.05) is 45.9 Å². The van der Waals surface area contributed by atoms with E-state index in [1.165, 1.54) is 5.56 Å². The second kappa shape index (κ2) is 8.98. The summed E-state index contributed by atoms with van der Waals surface area (Å²) in [5, 5.41) is 3.32. The van der Waals surface area contributed by atoms with Gasteiger partial charge in [0, 0.05) is 18.7 Å². The Bertz CT molecular complexity index is 371. The highest BCUT2D eigenvalue weighted by Crippen LogP contribution is 2.19. The van der Waals surface area contributed by atoms with Gasteiger partial charge in [0.15, 0.2) is 0 Å². The van der Waals surface area contributed by atoms with Crippen LogP contribution in [0, 0.1) is 5.41 Å². The molecule has 0 saturated heterocycles. The SMILES string of the molecule is CCNCc1ccccc1OCCOCCC(C)(C)C. The standard InChI is InChI=1S/C17H29NO2/c1-5-18-14-15-8-6-7-9-16(15)20-13-12-19-11-10-17(2,3)4/h6-9,18H,5,10-14H2,1-4H3. The van der Waals surface area contributed by atoms with Crippen LogP contribution in [0.1, 0.15) is 39.7 Å². The molecule has 0 amide bonds. The van der Waals surface area contributed by atoms with Gasteiger partial charge in [-0.25, -0.2) is 0 Å². The van der Waals surface area contributed by atoms with Crippen LogP contribution in [-0.4, -0.2) is 26.4 Å². The van der Waals surface area contributed by atoms with E-state index in [0.717, 1.165) is 31.9 Å². The Morgan fingerprint density at radius 1 is 1.05 bits per heavy atom. The first-order valence-corrected chi connectivity index (χ1v) is 7.52. The van der Waals surface area contributed by atoms with Crippen LogP contribution >= 0.6 is 0 Å². The molecule has 0 aliphatic carbocycles. The lowest BCUT2D eigenvalue weighted by Gasteiger charge is -2.17. The van der Waals surface area contributed by atoms with Gasteiger partial charge >= 0.3 is 0 Å². The van der Waals surface area contributed by atoms with Crippen LogP contribution in [0.15, 0.2) is 24.3 Å². The van der Waals surface area contributed by atoms with Crippen molar-refractivity contribution in [2.45, 2.75) is 40.7 Å². The molecule has 0 spiro atoms. The Morgan fingerprint density at radius 2 is 1.80 bits per heavy atom. The van der Waals surface area contributed by atoms with E-state index in [4.69, 9.17) is 9.47 Å². The molecular weight excluding hydrogens is 250 g/mol. The zero-order valence-electron chi connectivity index (χ0n) is 13.4. The predicted molar refractivity (Wildman–Crippen MR) is 84.2 cm³/mol. The number of hydrogen-bond donors (Lipinski definition) is 1. The normalized spacial score (nSPS) is 11.6. The summed E-state index contributed by atoms with van der Waals surface area (Å²) in [7, 11) is 0. The van der Waals surface area contributed by atoms with Gasteiger partial charge in [0.05, 0.1) is 6.61 Å². The summed E-state index contributed by atoms with van der Waals surface area (Å²) in [6.07, 6.45) is 1.07. The van der Waals surface area contributed by atoms with Crippen molar-refractivity contribution in [1.82, 2.24) is 5.32 Å². The second-order valence-corrected chi connectivity index (χ2v) is 6.16. The molecule has 1 aromatic rings. The number of nitrogens with one attached hydrogen (secondary N) is 1. The molecular formula is C17H29NO2. The largest absolute Gasteiger partial charge is 0.491 e. The highest BCUT2D eigenvalue weighted by molar-refractivity contribution is 5.33. The van der Waals surface area contributed by atoms with Gasteiger partial charge < -0.3 is 14.8 Å². The van der Waals surface area contributed by atoms with Crippen molar-refractivity contribution in [3.05, 3.63) is 29.8 Å². The van der Waals surface area contributed by atoms with Crippen molar-refractivity contribution in [2.24, 2.45) is 5.41 Å². The van der Waals surface area contributed by atoms with E-state index in [-0.39, 0.29) is 0 Å². The molecule has 20 heavy (non-hydrogen) atoms. The Labute approximate surface area is 123 Å². The van der Waals surface area contributed by atoms with Gasteiger partial charge in [-0.2, -0.15) is 0 Å². The van der Waals surface area contributed by atoms with Gasteiger partial charge in [-0.05, 0) is 24.4 Å². The highest BCUT2D eigenvalue weighted by atomic mass is 16.5. The summed E-state index contributed by atoms with van der Waals surface area (Å²) in [6, 6.07) is 8.16. The van der Waals surface area contributed by atoms with E-state index in [9.17, 15) is 0 Å². The topological polar surface area (TPSA) is 30.5 Å². The Hall–Kier alpha value is -1.06. The number of benzene rings is 1. The van der Waals surface area contributed by atoms with E-state index >= 15 is 0 Å². The Kier molecular flexibility index (Phi) is 7.63. The lowest BCUT2D eigenvalue weighted by molar-refractivity contribution is 0.0816. The highest BCUT2D eigenvalue weighted by Gasteiger charge is 2.09. The van der Waals surface area contributed by atoms with Crippen LogP contribution < -0.4 is 10.1 Å². The lowest BCUT2D eigenvalue weighted by atomic mass is 9.93. The van der Waals surface area contributed by atoms with Crippen LogP contribution in [0.2, 0.25) is 0 Å². The molecule has 0 radical (unpaired) electrons. The first-order valence-electron chi connectivity index (χ1n) is 7.52. The average molecular weight is 279 g/mol. The first kappa shape index (κ1) is 17.0.